The van der Waals surface area contributed by atoms with Crippen LogP contribution in [-0.2, 0) is 11.3 Å². The fraction of sp³-hybridized carbons (Fsp3) is 0.0909. The molecule has 2 aromatic heterocycles. The minimum absolute atomic E-state index is 0.115. The van der Waals surface area contributed by atoms with Crippen LogP contribution >= 0.6 is 11.6 Å². The highest BCUT2D eigenvalue weighted by Crippen LogP contribution is 2.23. The fourth-order valence-corrected chi connectivity index (χ4v) is 3.01. The van der Waals surface area contributed by atoms with Crippen LogP contribution in [0.1, 0.15) is 0 Å². The lowest BCUT2D eigenvalue weighted by atomic mass is 10.2. The first-order valence-corrected chi connectivity index (χ1v) is 9.51. The van der Waals surface area contributed by atoms with Gasteiger partial charge in [0.05, 0.1) is 5.56 Å². The van der Waals surface area contributed by atoms with Gasteiger partial charge in [0.2, 0.25) is 11.7 Å². The molecular formula is C22H17ClN4O3. The number of nitrogens with zero attached hydrogens (tertiary/aromatic N) is 4. The number of carbonyl (C=O) groups is 1. The van der Waals surface area contributed by atoms with Gasteiger partial charge in [0.1, 0.15) is 6.54 Å². The smallest absolute Gasteiger partial charge is 0.259 e. The maximum Gasteiger partial charge on any atom is 0.259 e. The van der Waals surface area contributed by atoms with Crippen molar-refractivity contribution in [1.29, 1.82) is 0 Å². The number of amides is 1. The maximum absolute atomic E-state index is 12.6. The van der Waals surface area contributed by atoms with E-state index in [0.29, 0.717) is 16.4 Å². The van der Waals surface area contributed by atoms with Gasteiger partial charge in [-0.15, -0.1) is 0 Å². The molecular weight excluding hydrogens is 404 g/mol. The zero-order valence-electron chi connectivity index (χ0n) is 16.0. The second-order valence-electron chi connectivity index (χ2n) is 6.60. The van der Waals surface area contributed by atoms with Crippen molar-refractivity contribution >= 4 is 23.2 Å². The van der Waals surface area contributed by atoms with Crippen molar-refractivity contribution in [3.63, 3.8) is 0 Å². The van der Waals surface area contributed by atoms with Crippen molar-refractivity contribution in [3.8, 4) is 22.8 Å². The van der Waals surface area contributed by atoms with E-state index in [1.54, 1.807) is 37.4 Å². The SMILES string of the molecule is CN(C(=O)Cn1cc(-c2nc(-c3ccc(Cl)cc3)no2)ccc1=O)c1ccccc1. The Labute approximate surface area is 177 Å². The van der Waals surface area contributed by atoms with Crippen LogP contribution in [0.5, 0.6) is 0 Å². The Bertz CT molecular complexity index is 1230. The summed E-state index contributed by atoms with van der Waals surface area (Å²) in [6.45, 7) is -0.115. The normalized spacial score (nSPS) is 10.7. The molecule has 2 aromatic carbocycles. The van der Waals surface area contributed by atoms with Crippen LogP contribution < -0.4 is 10.5 Å². The average Bonchev–Trinajstić information content (AvgIpc) is 3.26. The number of aromatic nitrogens is 3. The molecule has 0 fully saturated rings. The molecule has 0 aliphatic rings. The molecule has 0 spiro atoms. The number of benzene rings is 2. The van der Waals surface area contributed by atoms with Crippen LogP contribution in [0.25, 0.3) is 22.8 Å². The van der Waals surface area contributed by atoms with Crippen molar-refractivity contribution in [2.75, 3.05) is 11.9 Å². The van der Waals surface area contributed by atoms with E-state index in [2.05, 4.69) is 10.1 Å². The van der Waals surface area contributed by atoms with Gasteiger partial charge in [-0.25, -0.2) is 0 Å². The van der Waals surface area contributed by atoms with E-state index in [4.69, 9.17) is 16.1 Å². The topological polar surface area (TPSA) is 81.2 Å². The number of hydrogen-bond acceptors (Lipinski definition) is 5. The molecule has 0 aliphatic heterocycles. The zero-order valence-corrected chi connectivity index (χ0v) is 16.8. The number of hydrogen-bond donors (Lipinski definition) is 0. The Morgan fingerprint density at radius 3 is 2.47 bits per heavy atom. The second kappa shape index (κ2) is 8.34. The predicted molar refractivity (Wildman–Crippen MR) is 114 cm³/mol. The molecule has 0 radical (unpaired) electrons. The van der Waals surface area contributed by atoms with Gasteiger partial charge in [-0.3, -0.25) is 9.59 Å². The Kier molecular flexibility index (Phi) is 5.45. The lowest BCUT2D eigenvalue weighted by Gasteiger charge is -2.18. The van der Waals surface area contributed by atoms with Crippen molar-refractivity contribution < 1.29 is 9.32 Å². The van der Waals surface area contributed by atoms with E-state index >= 15 is 0 Å². The summed E-state index contributed by atoms with van der Waals surface area (Å²) in [5.74, 6) is 0.421. The summed E-state index contributed by atoms with van der Waals surface area (Å²) < 4.78 is 6.67. The van der Waals surface area contributed by atoms with Crippen LogP contribution in [-0.4, -0.2) is 27.7 Å². The van der Waals surface area contributed by atoms with Crippen LogP contribution in [0.15, 0.2) is 82.2 Å². The largest absolute Gasteiger partial charge is 0.334 e. The molecule has 4 aromatic rings. The standard InChI is InChI=1S/C22H17ClN4O3/c1-26(18-5-3-2-4-6-18)20(29)14-27-13-16(9-12-19(27)28)22-24-21(25-30-22)15-7-10-17(23)11-8-15/h2-13H,14H2,1H3. The summed E-state index contributed by atoms with van der Waals surface area (Å²) in [4.78, 5) is 30.8. The summed E-state index contributed by atoms with van der Waals surface area (Å²) >= 11 is 5.91. The Balaban J connectivity index is 1.57. The second-order valence-corrected chi connectivity index (χ2v) is 7.04. The molecule has 7 nitrogen and oxygen atoms in total. The first-order valence-electron chi connectivity index (χ1n) is 9.13. The highest BCUT2D eigenvalue weighted by molar-refractivity contribution is 6.30. The Hall–Kier alpha value is -3.71. The van der Waals surface area contributed by atoms with Gasteiger partial charge < -0.3 is 14.0 Å². The number of carbonyl (C=O) groups excluding carboxylic acids is 1. The highest BCUT2D eigenvalue weighted by atomic mass is 35.5. The molecule has 8 heteroatoms. The molecule has 0 N–H and O–H groups in total. The molecule has 0 bridgehead atoms. The van der Waals surface area contributed by atoms with E-state index in [-0.39, 0.29) is 23.9 Å². The Morgan fingerprint density at radius 1 is 1.03 bits per heavy atom. The Morgan fingerprint density at radius 2 is 1.73 bits per heavy atom. The van der Waals surface area contributed by atoms with Crippen LogP contribution in [0.2, 0.25) is 5.02 Å². The number of anilines is 1. The van der Waals surface area contributed by atoms with Gasteiger partial charge in [0, 0.05) is 35.6 Å². The number of para-hydroxylation sites is 1. The van der Waals surface area contributed by atoms with Crippen LogP contribution in [0.4, 0.5) is 5.69 Å². The third-order valence-electron chi connectivity index (χ3n) is 4.58. The van der Waals surface area contributed by atoms with Gasteiger partial charge in [-0.1, -0.05) is 35.0 Å². The summed E-state index contributed by atoms with van der Waals surface area (Å²) in [6.07, 6.45) is 1.54. The van der Waals surface area contributed by atoms with Crippen molar-refractivity contribution in [2.24, 2.45) is 0 Å². The highest BCUT2D eigenvalue weighted by Gasteiger charge is 2.15. The monoisotopic (exact) mass is 420 g/mol. The van der Waals surface area contributed by atoms with E-state index in [1.165, 1.54) is 21.7 Å². The van der Waals surface area contributed by atoms with Crippen LogP contribution in [0, 0.1) is 0 Å². The average molecular weight is 421 g/mol. The van der Waals surface area contributed by atoms with Gasteiger partial charge in [0.15, 0.2) is 0 Å². The van der Waals surface area contributed by atoms with Gasteiger partial charge in [-0.05, 0) is 42.5 Å². The third-order valence-corrected chi connectivity index (χ3v) is 4.83. The number of rotatable bonds is 5. The predicted octanol–water partition coefficient (Wildman–Crippen LogP) is 3.88. The molecule has 2 heterocycles. The molecule has 0 atom stereocenters. The number of likely N-dealkylation sites (N-methyl/N-ethyl adjacent to an activating group) is 1. The molecule has 0 unspecified atom stereocenters. The molecule has 4 rings (SSSR count). The van der Waals surface area contributed by atoms with E-state index < -0.39 is 0 Å². The van der Waals surface area contributed by atoms with E-state index in [9.17, 15) is 9.59 Å². The quantitative estimate of drug-likeness (QED) is 0.489. The zero-order chi connectivity index (χ0) is 21.1. The summed E-state index contributed by atoms with van der Waals surface area (Å²) in [5, 5.41) is 4.59. The fourth-order valence-electron chi connectivity index (χ4n) is 2.89. The minimum atomic E-state index is -0.300. The minimum Gasteiger partial charge on any atom is -0.334 e. The lowest BCUT2D eigenvalue weighted by molar-refractivity contribution is -0.118. The van der Waals surface area contributed by atoms with Gasteiger partial charge in [-0.2, -0.15) is 4.98 Å². The van der Waals surface area contributed by atoms with Crippen LogP contribution in [0.3, 0.4) is 0 Å². The third kappa shape index (κ3) is 4.16. The van der Waals surface area contributed by atoms with E-state index in [0.717, 1.165) is 11.3 Å². The summed E-state index contributed by atoms with van der Waals surface area (Å²) in [6, 6.07) is 19.2. The maximum atomic E-state index is 12.6. The molecule has 0 aliphatic carbocycles. The summed E-state index contributed by atoms with van der Waals surface area (Å²) in [7, 11) is 1.67. The first kappa shape index (κ1) is 19.6. The summed E-state index contributed by atoms with van der Waals surface area (Å²) in [5.41, 5.74) is 1.74. The number of halogens is 1. The molecule has 30 heavy (non-hydrogen) atoms. The molecule has 0 saturated carbocycles. The van der Waals surface area contributed by atoms with Gasteiger partial charge >= 0.3 is 0 Å². The van der Waals surface area contributed by atoms with Gasteiger partial charge in [0.25, 0.3) is 11.4 Å². The first-order chi connectivity index (χ1) is 14.5. The van der Waals surface area contributed by atoms with Crippen molar-refractivity contribution in [3.05, 3.63) is 88.3 Å². The lowest BCUT2D eigenvalue weighted by Crippen LogP contribution is -2.33. The number of pyridine rings is 1. The van der Waals surface area contributed by atoms with Crippen molar-refractivity contribution in [2.45, 2.75) is 6.54 Å². The molecule has 150 valence electrons. The van der Waals surface area contributed by atoms with Crippen molar-refractivity contribution in [1.82, 2.24) is 14.7 Å². The molecule has 1 amide bonds. The molecule has 0 saturated heterocycles. The van der Waals surface area contributed by atoms with E-state index in [1.807, 2.05) is 30.3 Å².